The lowest BCUT2D eigenvalue weighted by atomic mass is 9.83. The van der Waals surface area contributed by atoms with Gasteiger partial charge in [0.15, 0.2) is 11.6 Å². The first-order valence-corrected chi connectivity index (χ1v) is 15.5. The first-order chi connectivity index (χ1) is 21.5. The Morgan fingerprint density at radius 2 is 1.41 bits per heavy atom. The molecular formula is C35H46N6O5. The van der Waals surface area contributed by atoms with E-state index in [1.54, 1.807) is 31.3 Å². The van der Waals surface area contributed by atoms with Crippen LogP contribution < -0.4 is 10.1 Å². The van der Waals surface area contributed by atoms with E-state index in [1.807, 2.05) is 65.8 Å². The number of amides is 1. The van der Waals surface area contributed by atoms with Crippen LogP contribution in [0.15, 0.2) is 48.5 Å². The van der Waals surface area contributed by atoms with Gasteiger partial charge in [-0.1, -0.05) is 57.2 Å². The molecule has 3 rings (SSSR count). The third kappa shape index (κ3) is 11.8. The molecule has 1 N–H and O–H groups in total. The summed E-state index contributed by atoms with van der Waals surface area (Å²) in [6.07, 6.45) is 1.59. The molecule has 11 nitrogen and oxygen atoms in total. The van der Waals surface area contributed by atoms with Gasteiger partial charge in [0.2, 0.25) is 5.82 Å². The number of nitrogens with one attached hydrogen (secondary N) is 1. The first-order valence-electron chi connectivity index (χ1n) is 15.5. The number of hydrogen-bond acceptors (Lipinski definition) is 10. The molecular weight excluding hydrogens is 584 g/mol. The van der Waals surface area contributed by atoms with Gasteiger partial charge in [-0.15, -0.1) is 20.4 Å². The van der Waals surface area contributed by atoms with Crippen LogP contribution in [0, 0.1) is 5.41 Å². The maximum atomic E-state index is 13.1. The summed E-state index contributed by atoms with van der Waals surface area (Å²) in [6, 6.07) is 14.0. The lowest BCUT2D eigenvalue weighted by Gasteiger charge is -2.32. The van der Waals surface area contributed by atoms with Gasteiger partial charge < -0.3 is 19.7 Å². The van der Waals surface area contributed by atoms with Gasteiger partial charge in [0, 0.05) is 42.8 Å². The molecule has 0 saturated heterocycles. The minimum absolute atomic E-state index is 0.0386. The number of ketones is 3. The fourth-order valence-electron chi connectivity index (χ4n) is 4.69. The van der Waals surface area contributed by atoms with E-state index in [2.05, 4.69) is 25.7 Å². The zero-order chi connectivity index (χ0) is 34.1. The van der Waals surface area contributed by atoms with Gasteiger partial charge in [0.05, 0.1) is 12.6 Å². The maximum Gasteiger partial charge on any atom is 0.415 e. The minimum Gasteiger partial charge on any atom is -0.410 e. The zero-order valence-corrected chi connectivity index (χ0v) is 28.2. The second-order valence-electron chi connectivity index (χ2n) is 13.7. The van der Waals surface area contributed by atoms with Crippen molar-refractivity contribution in [1.29, 1.82) is 0 Å². The Morgan fingerprint density at radius 3 is 1.96 bits per heavy atom. The van der Waals surface area contributed by atoms with Gasteiger partial charge in [-0.3, -0.25) is 9.59 Å². The summed E-state index contributed by atoms with van der Waals surface area (Å²) in [4.78, 5) is 50.4. The number of benzene rings is 2. The number of ether oxygens (including phenoxy) is 1. The largest absolute Gasteiger partial charge is 0.415 e. The predicted octanol–water partition coefficient (Wildman–Crippen LogP) is 5.35. The molecule has 0 bridgehead atoms. The van der Waals surface area contributed by atoms with Crippen LogP contribution in [0.1, 0.15) is 84.7 Å². The highest BCUT2D eigenvalue weighted by Crippen LogP contribution is 2.22. The summed E-state index contributed by atoms with van der Waals surface area (Å²) in [6.45, 7) is 13.4. The Hall–Kier alpha value is -4.38. The standard InChI is InChI=1S/C35H46N6O5/c1-23(42)10-9-11-27(43)20-24-12-16-26(17-13-24)32-39-37-30(38-40-32)22-41(8)33(45)46-28-18-14-25(15-19-28)21-29(36-35(5,6)7)31(44)34(2,3)4/h12-19,29,36H,9-11,20-22H2,1-8H3/t29-/m1/s1. The molecule has 1 amide bonds. The molecule has 0 aliphatic carbocycles. The molecule has 1 aromatic heterocycles. The quantitative estimate of drug-likeness (QED) is 0.247. The van der Waals surface area contributed by atoms with Crippen LogP contribution in [-0.2, 0) is 33.8 Å². The Kier molecular flexibility index (Phi) is 12.4. The Morgan fingerprint density at radius 1 is 0.826 bits per heavy atom. The van der Waals surface area contributed by atoms with Crippen LogP contribution in [0.25, 0.3) is 11.4 Å². The lowest BCUT2D eigenvalue weighted by molar-refractivity contribution is -0.129. The van der Waals surface area contributed by atoms with E-state index in [1.165, 1.54) is 11.8 Å². The topological polar surface area (TPSA) is 144 Å². The Bertz CT molecular complexity index is 1490. The van der Waals surface area contributed by atoms with Crippen LogP contribution in [0.3, 0.4) is 0 Å². The maximum absolute atomic E-state index is 13.1. The molecule has 0 aliphatic heterocycles. The summed E-state index contributed by atoms with van der Waals surface area (Å²) in [5.74, 6) is 1.24. The normalized spacial score (nSPS) is 12.3. The number of carbonyl (C=O) groups is 4. The van der Waals surface area contributed by atoms with Gasteiger partial charge >= 0.3 is 6.09 Å². The van der Waals surface area contributed by atoms with E-state index in [-0.39, 0.29) is 41.3 Å². The molecule has 1 atom stereocenters. The number of carbonyl (C=O) groups excluding carboxylic acids is 4. The summed E-state index contributed by atoms with van der Waals surface area (Å²) in [5.41, 5.74) is 1.79. The van der Waals surface area contributed by atoms with E-state index in [4.69, 9.17) is 4.74 Å². The Labute approximate surface area is 271 Å². The molecule has 0 radical (unpaired) electrons. The third-order valence-corrected chi connectivity index (χ3v) is 7.04. The van der Waals surface area contributed by atoms with Gasteiger partial charge in [-0.2, -0.15) is 0 Å². The number of aromatic nitrogens is 4. The fraction of sp³-hybridized carbons (Fsp3) is 0.486. The van der Waals surface area contributed by atoms with Crippen molar-refractivity contribution in [3.05, 3.63) is 65.5 Å². The molecule has 0 spiro atoms. The summed E-state index contributed by atoms with van der Waals surface area (Å²) >= 11 is 0. The second-order valence-corrected chi connectivity index (χ2v) is 13.7. The molecule has 246 valence electrons. The van der Waals surface area contributed by atoms with Crippen molar-refractivity contribution in [3.63, 3.8) is 0 Å². The highest BCUT2D eigenvalue weighted by atomic mass is 16.6. The van der Waals surface area contributed by atoms with Crippen molar-refractivity contribution in [2.45, 2.75) is 98.7 Å². The zero-order valence-electron chi connectivity index (χ0n) is 28.2. The Balaban J connectivity index is 1.53. The summed E-state index contributed by atoms with van der Waals surface area (Å²) in [5, 5.41) is 20.0. The summed E-state index contributed by atoms with van der Waals surface area (Å²) in [7, 11) is 1.56. The lowest BCUT2D eigenvalue weighted by Crippen LogP contribution is -2.51. The van der Waals surface area contributed by atoms with Crippen molar-refractivity contribution in [1.82, 2.24) is 30.6 Å². The highest BCUT2D eigenvalue weighted by Gasteiger charge is 2.32. The smallest absolute Gasteiger partial charge is 0.410 e. The number of rotatable bonds is 14. The molecule has 11 heteroatoms. The van der Waals surface area contributed by atoms with Crippen LogP contribution >= 0.6 is 0 Å². The van der Waals surface area contributed by atoms with Gasteiger partial charge in [0.1, 0.15) is 17.3 Å². The molecule has 46 heavy (non-hydrogen) atoms. The highest BCUT2D eigenvalue weighted by molar-refractivity contribution is 5.89. The van der Waals surface area contributed by atoms with Crippen molar-refractivity contribution >= 4 is 23.4 Å². The first kappa shape index (κ1) is 36.1. The SMILES string of the molecule is CC(=O)CCCC(=O)Cc1ccc(-c2nnc(CN(C)C(=O)Oc3ccc(C[C@@H](NC(C)(C)C)C(=O)C(C)(C)C)cc3)nn2)cc1. The summed E-state index contributed by atoms with van der Waals surface area (Å²) < 4.78 is 5.52. The number of hydrogen-bond donors (Lipinski definition) is 1. The fourth-order valence-corrected chi connectivity index (χ4v) is 4.69. The van der Waals surface area contributed by atoms with Crippen LogP contribution in [0.5, 0.6) is 5.75 Å². The minimum atomic E-state index is -0.595. The van der Waals surface area contributed by atoms with E-state index in [9.17, 15) is 19.2 Å². The van der Waals surface area contributed by atoms with E-state index < -0.39 is 11.5 Å². The van der Waals surface area contributed by atoms with Crippen molar-refractivity contribution in [2.75, 3.05) is 7.05 Å². The molecule has 0 aliphatic rings. The van der Waals surface area contributed by atoms with Crippen molar-refractivity contribution < 1.29 is 23.9 Å². The van der Waals surface area contributed by atoms with Crippen molar-refractivity contribution in [3.8, 4) is 17.1 Å². The van der Waals surface area contributed by atoms with E-state index in [0.717, 1.165) is 11.1 Å². The molecule has 2 aromatic carbocycles. The average Bonchev–Trinajstić information content (AvgIpc) is 2.97. The van der Waals surface area contributed by atoms with Crippen LogP contribution in [0.2, 0.25) is 0 Å². The monoisotopic (exact) mass is 630 g/mol. The number of Topliss-reactive ketones (excluding diaryl/α,β-unsaturated/α-hetero) is 3. The van der Waals surface area contributed by atoms with Gasteiger partial charge in [0.25, 0.3) is 0 Å². The molecule has 0 unspecified atom stereocenters. The molecule has 0 fully saturated rings. The van der Waals surface area contributed by atoms with Crippen LogP contribution in [-0.4, -0.2) is 67.4 Å². The molecule has 3 aromatic rings. The van der Waals surface area contributed by atoms with Crippen molar-refractivity contribution in [2.24, 2.45) is 5.41 Å². The predicted molar refractivity (Wildman–Crippen MR) is 175 cm³/mol. The molecule has 1 heterocycles. The van der Waals surface area contributed by atoms with E-state index in [0.29, 0.717) is 49.2 Å². The van der Waals surface area contributed by atoms with Gasteiger partial charge in [-0.05, 0) is 63.8 Å². The van der Waals surface area contributed by atoms with Gasteiger partial charge in [-0.25, -0.2) is 4.79 Å². The molecule has 0 saturated carbocycles. The average molecular weight is 631 g/mol. The third-order valence-electron chi connectivity index (χ3n) is 7.04. The van der Waals surface area contributed by atoms with Crippen LogP contribution in [0.4, 0.5) is 4.79 Å². The van der Waals surface area contributed by atoms with E-state index >= 15 is 0 Å². The number of nitrogens with zero attached hydrogens (tertiary/aromatic N) is 5. The second kappa shape index (κ2) is 15.8.